The van der Waals surface area contributed by atoms with Crippen molar-refractivity contribution in [3.05, 3.63) is 47.8 Å². The van der Waals surface area contributed by atoms with Gasteiger partial charge in [-0.05, 0) is 38.0 Å². The van der Waals surface area contributed by atoms with Crippen LogP contribution in [0.1, 0.15) is 28.8 Å². The molecule has 3 heterocycles. The number of aryl methyl sites for hydroxylation is 1. The molecular weight excluding hydrogens is 318 g/mol. The molecule has 1 amide bonds. The summed E-state index contributed by atoms with van der Waals surface area (Å²) in [4.78, 5) is 23.0. The first kappa shape index (κ1) is 15.5. The van der Waals surface area contributed by atoms with Gasteiger partial charge in [-0.3, -0.25) is 9.78 Å². The molecule has 0 aliphatic carbocycles. The predicted octanol–water partition coefficient (Wildman–Crippen LogP) is 3.74. The molecule has 0 spiro atoms. The van der Waals surface area contributed by atoms with Crippen LogP contribution >= 0.6 is 11.8 Å². The monoisotopic (exact) mass is 339 g/mol. The predicted molar refractivity (Wildman–Crippen MR) is 99.3 cm³/mol. The van der Waals surface area contributed by atoms with Crippen molar-refractivity contribution in [3.8, 4) is 0 Å². The number of nitrogens with zero attached hydrogens (tertiary/aromatic N) is 3. The quantitative estimate of drug-likeness (QED) is 0.835. The second-order valence-corrected chi connectivity index (χ2v) is 7.50. The zero-order valence-electron chi connectivity index (χ0n) is 13.9. The number of carbonyl (C=O) groups is 1. The maximum atomic E-state index is 13.4. The van der Waals surface area contributed by atoms with Crippen LogP contribution < -0.4 is 9.80 Å². The highest BCUT2D eigenvalue weighted by Crippen LogP contribution is 2.36. The van der Waals surface area contributed by atoms with Crippen molar-refractivity contribution in [2.24, 2.45) is 0 Å². The van der Waals surface area contributed by atoms with Crippen LogP contribution in [0.15, 0.2) is 41.6 Å². The molecular formula is C19H21N3OS. The first-order valence-corrected chi connectivity index (χ1v) is 9.47. The Morgan fingerprint density at radius 1 is 1.12 bits per heavy atom. The number of hydrogen-bond donors (Lipinski definition) is 0. The van der Waals surface area contributed by atoms with Crippen molar-refractivity contribution >= 4 is 29.0 Å². The van der Waals surface area contributed by atoms with E-state index in [-0.39, 0.29) is 5.91 Å². The topological polar surface area (TPSA) is 36.4 Å². The smallest absolute Gasteiger partial charge is 0.260 e. The number of rotatable bonds is 2. The number of thioether (sulfide) groups is 1. The van der Waals surface area contributed by atoms with Crippen molar-refractivity contribution in [3.63, 3.8) is 0 Å². The van der Waals surface area contributed by atoms with Gasteiger partial charge in [0.25, 0.3) is 5.91 Å². The molecule has 0 bridgehead atoms. The molecule has 0 atom stereocenters. The molecule has 5 heteroatoms. The van der Waals surface area contributed by atoms with Gasteiger partial charge in [-0.15, -0.1) is 11.8 Å². The van der Waals surface area contributed by atoms with Crippen LogP contribution in [0, 0.1) is 6.92 Å². The summed E-state index contributed by atoms with van der Waals surface area (Å²) in [5.74, 6) is 1.02. The van der Waals surface area contributed by atoms with E-state index in [1.807, 2.05) is 30.2 Å². The summed E-state index contributed by atoms with van der Waals surface area (Å²) in [6, 6.07) is 8.24. The summed E-state index contributed by atoms with van der Waals surface area (Å²) >= 11 is 1.79. The van der Waals surface area contributed by atoms with E-state index in [1.54, 1.807) is 18.0 Å². The fourth-order valence-electron chi connectivity index (χ4n) is 3.48. The minimum absolute atomic E-state index is 0.0927. The lowest BCUT2D eigenvalue weighted by Crippen LogP contribution is -2.36. The Morgan fingerprint density at radius 2 is 1.96 bits per heavy atom. The van der Waals surface area contributed by atoms with E-state index >= 15 is 0 Å². The lowest BCUT2D eigenvalue weighted by molar-refractivity contribution is 0.0988. The Bertz CT molecular complexity index is 771. The molecule has 2 aliphatic heterocycles. The molecule has 1 aromatic heterocycles. The second kappa shape index (κ2) is 6.48. The molecule has 4 nitrogen and oxygen atoms in total. The lowest BCUT2D eigenvalue weighted by atomic mass is 10.1. The first-order valence-electron chi connectivity index (χ1n) is 8.48. The van der Waals surface area contributed by atoms with Crippen LogP contribution in [0.25, 0.3) is 0 Å². The van der Waals surface area contributed by atoms with Gasteiger partial charge >= 0.3 is 0 Å². The van der Waals surface area contributed by atoms with E-state index in [1.165, 1.54) is 12.8 Å². The van der Waals surface area contributed by atoms with Crippen LogP contribution in [0.5, 0.6) is 0 Å². The zero-order chi connectivity index (χ0) is 16.5. The molecule has 1 saturated heterocycles. The third-order valence-electron chi connectivity index (χ3n) is 4.70. The highest BCUT2D eigenvalue weighted by Gasteiger charge is 2.27. The molecule has 2 aromatic rings. The summed E-state index contributed by atoms with van der Waals surface area (Å²) in [5.41, 5.74) is 3.96. The number of anilines is 2. The molecule has 2 aliphatic rings. The minimum Gasteiger partial charge on any atom is -0.371 e. The average molecular weight is 339 g/mol. The van der Waals surface area contributed by atoms with Crippen molar-refractivity contribution in [1.82, 2.24) is 4.98 Å². The number of aromatic nitrogens is 1. The van der Waals surface area contributed by atoms with Crippen molar-refractivity contribution < 1.29 is 4.79 Å². The second-order valence-electron chi connectivity index (χ2n) is 6.36. The average Bonchev–Trinajstić information content (AvgIpc) is 3.15. The normalized spacial score (nSPS) is 17.0. The Kier molecular flexibility index (Phi) is 4.19. The fourth-order valence-corrected chi connectivity index (χ4v) is 4.44. The van der Waals surface area contributed by atoms with E-state index < -0.39 is 0 Å². The van der Waals surface area contributed by atoms with E-state index in [0.717, 1.165) is 52.8 Å². The van der Waals surface area contributed by atoms with E-state index in [4.69, 9.17) is 0 Å². The standard InChI is InChI=1S/C19H21N3OS/c1-14-4-5-16(21-8-2-3-9-21)15(12-14)19(23)22-10-11-24-18-6-7-20-13-17(18)22/h4-7,12-13H,2-3,8-11H2,1H3. The number of hydrogen-bond acceptors (Lipinski definition) is 4. The minimum atomic E-state index is 0.0927. The third kappa shape index (κ3) is 2.77. The summed E-state index contributed by atoms with van der Waals surface area (Å²) in [6.45, 7) is 4.86. The molecule has 0 radical (unpaired) electrons. The Balaban J connectivity index is 1.74. The molecule has 124 valence electrons. The summed E-state index contributed by atoms with van der Waals surface area (Å²) < 4.78 is 0. The summed E-state index contributed by atoms with van der Waals surface area (Å²) in [5, 5.41) is 0. The van der Waals surface area contributed by atoms with Crippen LogP contribution in [0.4, 0.5) is 11.4 Å². The van der Waals surface area contributed by atoms with E-state index in [9.17, 15) is 4.79 Å². The zero-order valence-corrected chi connectivity index (χ0v) is 14.7. The first-order chi connectivity index (χ1) is 11.7. The van der Waals surface area contributed by atoms with Gasteiger partial charge in [0, 0.05) is 42.2 Å². The molecule has 4 rings (SSSR count). The van der Waals surface area contributed by atoms with Crippen LogP contribution in [0.3, 0.4) is 0 Å². The maximum Gasteiger partial charge on any atom is 0.260 e. The number of benzene rings is 1. The number of carbonyl (C=O) groups excluding carboxylic acids is 1. The van der Waals surface area contributed by atoms with E-state index in [0.29, 0.717) is 0 Å². The Morgan fingerprint density at radius 3 is 2.79 bits per heavy atom. The molecule has 0 N–H and O–H groups in total. The van der Waals surface area contributed by atoms with Gasteiger partial charge < -0.3 is 9.80 Å². The summed E-state index contributed by atoms with van der Waals surface area (Å²) in [6.07, 6.45) is 6.01. The lowest BCUT2D eigenvalue weighted by Gasteiger charge is -2.30. The Hall–Kier alpha value is -2.01. The van der Waals surface area contributed by atoms with Gasteiger partial charge in [0.2, 0.25) is 0 Å². The number of pyridine rings is 1. The van der Waals surface area contributed by atoms with E-state index in [2.05, 4.69) is 22.0 Å². The number of amides is 1. The molecule has 1 fully saturated rings. The van der Waals surface area contributed by atoms with Crippen molar-refractivity contribution in [2.45, 2.75) is 24.7 Å². The molecule has 0 saturated carbocycles. The van der Waals surface area contributed by atoms with Gasteiger partial charge in [0.05, 0.1) is 17.4 Å². The van der Waals surface area contributed by atoms with Gasteiger partial charge in [-0.2, -0.15) is 0 Å². The fraction of sp³-hybridized carbons (Fsp3) is 0.368. The van der Waals surface area contributed by atoms with Crippen molar-refractivity contribution in [2.75, 3.05) is 35.2 Å². The van der Waals surface area contributed by atoms with Crippen LogP contribution in [-0.4, -0.2) is 36.3 Å². The maximum absolute atomic E-state index is 13.4. The number of fused-ring (bicyclic) bond motifs is 1. The van der Waals surface area contributed by atoms with Crippen LogP contribution in [-0.2, 0) is 0 Å². The largest absolute Gasteiger partial charge is 0.371 e. The highest BCUT2D eigenvalue weighted by molar-refractivity contribution is 7.99. The highest BCUT2D eigenvalue weighted by atomic mass is 32.2. The van der Waals surface area contributed by atoms with Gasteiger partial charge in [0.15, 0.2) is 0 Å². The van der Waals surface area contributed by atoms with Gasteiger partial charge in [-0.25, -0.2) is 0 Å². The van der Waals surface area contributed by atoms with Crippen LogP contribution in [0.2, 0.25) is 0 Å². The van der Waals surface area contributed by atoms with Gasteiger partial charge in [-0.1, -0.05) is 11.6 Å². The molecule has 1 aromatic carbocycles. The third-order valence-corrected chi connectivity index (χ3v) is 5.74. The van der Waals surface area contributed by atoms with Crippen molar-refractivity contribution in [1.29, 1.82) is 0 Å². The van der Waals surface area contributed by atoms with Gasteiger partial charge in [0.1, 0.15) is 0 Å². The summed E-state index contributed by atoms with van der Waals surface area (Å²) in [7, 11) is 0. The molecule has 24 heavy (non-hydrogen) atoms. The SMILES string of the molecule is Cc1ccc(N2CCCC2)c(C(=O)N2CCSc3ccncc32)c1. The molecule has 0 unspecified atom stereocenters. The Labute approximate surface area is 146 Å².